The average Bonchev–Trinajstić information content (AvgIpc) is 2.73. The van der Waals surface area contributed by atoms with Gasteiger partial charge >= 0.3 is 5.97 Å². The summed E-state index contributed by atoms with van der Waals surface area (Å²) in [6, 6.07) is 5.60. The van der Waals surface area contributed by atoms with Gasteiger partial charge in [-0.15, -0.1) is 0 Å². The van der Waals surface area contributed by atoms with Gasteiger partial charge < -0.3 is 9.72 Å². The Hall–Kier alpha value is -1.84. The molecule has 0 bridgehead atoms. The monoisotopic (exact) mass is 272 g/mol. The van der Waals surface area contributed by atoms with Crippen molar-refractivity contribution in [3.05, 3.63) is 29.6 Å². The number of hydrogen-bond donors (Lipinski definition) is 1. The van der Waals surface area contributed by atoms with E-state index >= 15 is 0 Å². The number of fused-ring (bicyclic) bond motifs is 1. The largest absolute Gasteiger partial charge is 0.465 e. The van der Waals surface area contributed by atoms with E-state index in [4.69, 9.17) is 9.72 Å². The number of esters is 1. The number of aromatic amines is 1. The van der Waals surface area contributed by atoms with Gasteiger partial charge in [0, 0.05) is 5.92 Å². The van der Waals surface area contributed by atoms with Crippen molar-refractivity contribution >= 4 is 17.0 Å². The molecule has 20 heavy (non-hydrogen) atoms. The van der Waals surface area contributed by atoms with Gasteiger partial charge in [-0.1, -0.05) is 31.7 Å². The molecular formula is C16H20N2O2. The van der Waals surface area contributed by atoms with Crippen LogP contribution < -0.4 is 0 Å². The summed E-state index contributed by atoms with van der Waals surface area (Å²) in [6.07, 6.45) is 7.56. The standard InChI is InChI=1S/C16H20N2O2/c1-20-16(19)12-9-6-10-13-14(12)18-15(17-13)11-7-4-2-3-5-8-11/h6,9-11H,2-5,7-8H2,1H3,(H,17,18). The fourth-order valence-corrected chi connectivity index (χ4v) is 3.07. The van der Waals surface area contributed by atoms with E-state index in [2.05, 4.69) is 4.98 Å². The maximum atomic E-state index is 11.8. The van der Waals surface area contributed by atoms with Crippen molar-refractivity contribution in [1.29, 1.82) is 0 Å². The first-order chi connectivity index (χ1) is 9.79. The Bertz CT molecular complexity index is 610. The van der Waals surface area contributed by atoms with Crippen LogP contribution in [0.4, 0.5) is 0 Å². The number of H-pyrrole nitrogens is 1. The fraction of sp³-hybridized carbons (Fsp3) is 0.500. The lowest BCUT2D eigenvalue weighted by Gasteiger charge is -2.09. The van der Waals surface area contributed by atoms with Crippen LogP contribution in [-0.2, 0) is 4.74 Å². The highest BCUT2D eigenvalue weighted by Gasteiger charge is 2.20. The third kappa shape index (κ3) is 2.42. The average molecular weight is 272 g/mol. The Morgan fingerprint density at radius 3 is 2.70 bits per heavy atom. The van der Waals surface area contributed by atoms with E-state index in [1.54, 1.807) is 6.07 Å². The van der Waals surface area contributed by atoms with Gasteiger partial charge in [0.1, 0.15) is 11.3 Å². The summed E-state index contributed by atoms with van der Waals surface area (Å²) < 4.78 is 4.83. The molecule has 4 heteroatoms. The zero-order valence-electron chi connectivity index (χ0n) is 11.8. The zero-order valence-corrected chi connectivity index (χ0v) is 11.8. The summed E-state index contributed by atoms with van der Waals surface area (Å²) in [5.41, 5.74) is 2.20. The quantitative estimate of drug-likeness (QED) is 0.668. The summed E-state index contributed by atoms with van der Waals surface area (Å²) in [7, 11) is 1.40. The van der Waals surface area contributed by atoms with E-state index < -0.39 is 0 Å². The number of rotatable bonds is 2. The van der Waals surface area contributed by atoms with Crippen molar-refractivity contribution in [2.75, 3.05) is 7.11 Å². The van der Waals surface area contributed by atoms with Crippen LogP contribution in [-0.4, -0.2) is 23.0 Å². The van der Waals surface area contributed by atoms with Crippen LogP contribution in [0.25, 0.3) is 11.0 Å². The van der Waals surface area contributed by atoms with Gasteiger partial charge in [0.15, 0.2) is 0 Å². The number of methoxy groups -OCH3 is 1. The number of imidazole rings is 1. The van der Waals surface area contributed by atoms with Crippen LogP contribution in [0.2, 0.25) is 0 Å². The SMILES string of the molecule is COC(=O)c1cccc2[nH]c(C3CCCCCC3)nc12. The summed E-state index contributed by atoms with van der Waals surface area (Å²) in [5.74, 6) is 1.20. The van der Waals surface area contributed by atoms with E-state index in [0.29, 0.717) is 11.5 Å². The second kappa shape index (κ2) is 5.65. The molecule has 2 aromatic rings. The smallest absolute Gasteiger partial charge is 0.340 e. The summed E-state index contributed by atoms with van der Waals surface area (Å²) in [6.45, 7) is 0. The molecule has 1 aliphatic carbocycles. The van der Waals surface area contributed by atoms with Crippen LogP contribution in [0, 0.1) is 0 Å². The maximum absolute atomic E-state index is 11.8. The predicted octanol–water partition coefficient (Wildman–Crippen LogP) is 3.79. The summed E-state index contributed by atoms with van der Waals surface area (Å²) >= 11 is 0. The van der Waals surface area contributed by atoms with Crippen LogP contribution in [0.15, 0.2) is 18.2 Å². The van der Waals surface area contributed by atoms with Gasteiger partial charge in [-0.2, -0.15) is 0 Å². The fourth-order valence-electron chi connectivity index (χ4n) is 3.07. The van der Waals surface area contributed by atoms with Crippen molar-refractivity contribution in [3.8, 4) is 0 Å². The Labute approximate surface area is 118 Å². The number of para-hydroxylation sites is 1. The minimum atomic E-state index is -0.325. The first-order valence-electron chi connectivity index (χ1n) is 7.36. The molecule has 1 heterocycles. The molecule has 3 rings (SSSR count). The number of nitrogens with zero attached hydrogens (tertiary/aromatic N) is 1. The molecule has 1 N–H and O–H groups in total. The number of aromatic nitrogens is 2. The van der Waals surface area contributed by atoms with Crippen molar-refractivity contribution in [2.45, 2.75) is 44.4 Å². The van der Waals surface area contributed by atoms with Gasteiger partial charge in [-0.05, 0) is 25.0 Å². The van der Waals surface area contributed by atoms with Crippen molar-refractivity contribution < 1.29 is 9.53 Å². The highest BCUT2D eigenvalue weighted by molar-refractivity contribution is 6.01. The maximum Gasteiger partial charge on any atom is 0.340 e. The van der Waals surface area contributed by atoms with E-state index in [9.17, 15) is 4.79 Å². The molecule has 1 aliphatic rings. The number of nitrogens with one attached hydrogen (secondary N) is 1. The van der Waals surface area contributed by atoms with Crippen LogP contribution in [0.3, 0.4) is 0 Å². The molecule has 0 spiro atoms. The third-order valence-electron chi connectivity index (χ3n) is 4.18. The van der Waals surface area contributed by atoms with Gasteiger partial charge in [0.05, 0.1) is 18.2 Å². The normalized spacial score (nSPS) is 17.1. The lowest BCUT2D eigenvalue weighted by molar-refractivity contribution is 0.0603. The van der Waals surface area contributed by atoms with Crippen molar-refractivity contribution in [2.24, 2.45) is 0 Å². The first-order valence-corrected chi connectivity index (χ1v) is 7.36. The lowest BCUT2D eigenvalue weighted by Crippen LogP contribution is -2.02. The number of carbonyl (C=O) groups is 1. The van der Waals surface area contributed by atoms with Crippen LogP contribution in [0.1, 0.15) is 60.6 Å². The van der Waals surface area contributed by atoms with E-state index in [0.717, 1.165) is 16.9 Å². The molecule has 1 aromatic carbocycles. The number of benzene rings is 1. The van der Waals surface area contributed by atoms with Crippen LogP contribution in [0.5, 0.6) is 0 Å². The molecule has 0 unspecified atom stereocenters. The van der Waals surface area contributed by atoms with Crippen molar-refractivity contribution in [3.63, 3.8) is 0 Å². The lowest BCUT2D eigenvalue weighted by atomic mass is 10.00. The number of ether oxygens (including phenoxy) is 1. The van der Waals surface area contributed by atoms with Gasteiger partial charge in [-0.25, -0.2) is 9.78 Å². The molecular weight excluding hydrogens is 252 g/mol. The van der Waals surface area contributed by atoms with E-state index in [-0.39, 0.29) is 5.97 Å². The number of carbonyl (C=O) groups excluding carboxylic acids is 1. The Balaban J connectivity index is 1.99. The van der Waals surface area contributed by atoms with E-state index in [1.807, 2.05) is 12.1 Å². The molecule has 1 aromatic heterocycles. The Morgan fingerprint density at radius 1 is 1.25 bits per heavy atom. The molecule has 0 radical (unpaired) electrons. The third-order valence-corrected chi connectivity index (χ3v) is 4.18. The van der Waals surface area contributed by atoms with Gasteiger partial charge in [0.2, 0.25) is 0 Å². The molecule has 1 fully saturated rings. The molecule has 1 saturated carbocycles. The first kappa shape index (κ1) is 13.2. The summed E-state index contributed by atoms with van der Waals surface area (Å²) in [5, 5.41) is 0. The van der Waals surface area contributed by atoms with Gasteiger partial charge in [0.25, 0.3) is 0 Å². The minimum Gasteiger partial charge on any atom is -0.465 e. The highest BCUT2D eigenvalue weighted by atomic mass is 16.5. The molecule has 0 atom stereocenters. The minimum absolute atomic E-state index is 0.325. The van der Waals surface area contributed by atoms with Crippen LogP contribution >= 0.6 is 0 Å². The summed E-state index contributed by atoms with van der Waals surface area (Å²) in [4.78, 5) is 19.9. The molecule has 4 nitrogen and oxygen atoms in total. The second-order valence-corrected chi connectivity index (χ2v) is 5.50. The van der Waals surface area contributed by atoms with E-state index in [1.165, 1.54) is 45.6 Å². The van der Waals surface area contributed by atoms with Crippen molar-refractivity contribution in [1.82, 2.24) is 9.97 Å². The zero-order chi connectivity index (χ0) is 13.9. The van der Waals surface area contributed by atoms with Gasteiger partial charge in [-0.3, -0.25) is 0 Å². The Kier molecular flexibility index (Phi) is 3.72. The molecule has 0 aliphatic heterocycles. The number of hydrogen-bond acceptors (Lipinski definition) is 3. The second-order valence-electron chi connectivity index (χ2n) is 5.50. The molecule has 0 saturated heterocycles. The Morgan fingerprint density at radius 2 is 2.00 bits per heavy atom. The predicted molar refractivity (Wildman–Crippen MR) is 77.9 cm³/mol. The molecule has 0 amide bonds. The highest BCUT2D eigenvalue weighted by Crippen LogP contribution is 2.31. The molecule has 106 valence electrons. The topological polar surface area (TPSA) is 55.0 Å².